The molecule has 0 bridgehead atoms. The molecule has 0 saturated heterocycles. The molecule has 2 aromatic carbocycles. The fourth-order valence-corrected chi connectivity index (χ4v) is 4.04. The van der Waals surface area contributed by atoms with Gasteiger partial charge in [0.25, 0.3) is 11.6 Å². The number of hydrogen-bond donors (Lipinski definition) is 1. The van der Waals surface area contributed by atoms with Gasteiger partial charge in [-0.2, -0.15) is 5.10 Å². The minimum Gasteiger partial charge on any atom is -0.316 e. The molecule has 1 N–H and O–H groups in total. The van der Waals surface area contributed by atoms with Crippen LogP contribution < -0.4 is 5.43 Å². The van der Waals surface area contributed by atoms with Gasteiger partial charge in [-0.1, -0.05) is 17.7 Å². The number of nitro groups is 1. The third kappa shape index (κ3) is 3.96. The SMILES string of the molecule is Cc1ccc(-n2cccc2/C=N\NC(=O)c2cc3cc([N+](=O)[O-])ccc3s2)cc1Cl. The van der Waals surface area contributed by atoms with Crippen LogP contribution in [0.4, 0.5) is 5.69 Å². The zero-order chi connectivity index (χ0) is 21.3. The van der Waals surface area contributed by atoms with Crippen LogP contribution in [0.5, 0.6) is 0 Å². The molecule has 0 atom stereocenters. The van der Waals surface area contributed by atoms with E-state index < -0.39 is 4.92 Å². The van der Waals surface area contributed by atoms with Gasteiger partial charge < -0.3 is 4.57 Å². The van der Waals surface area contributed by atoms with Gasteiger partial charge in [0.15, 0.2) is 0 Å². The van der Waals surface area contributed by atoms with E-state index in [0.29, 0.717) is 15.3 Å². The molecule has 0 spiro atoms. The topological polar surface area (TPSA) is 89.5 Å². The molecule has 0 aliphatic heterocycles. The Morgan fingerprint density at radius 1 is 1.23 bits per heavy atom. The first-order valence-electron chi connectivity index (χ1n) is 8.87. The summed E-state index contributed by atoms with van der Waals surface area (Å²) in [6.45, 7) is 1.94. The number of aryl methyl sites for hydroxylation is 1. The molecule has 0 aliphatic rings. The number of nitro benzene ring substituents is 1. The molecule has 4 aromatic rings. The fourth-order valence-electron chi connectivity index (χ4n) is 2.93. The number of hydrazone groups is 1. The minimum atomic E-state index is -0.461. The van der Waals surface area contributed by atoms with Crippen molar-refractivity contribution in [2.75, 3.05) is 0 Å². The van der Waals surface area contributed by atoms with E-state index >= 15 is 0 Å². The van der Waals surface area contributed by atoms with E-state index in [2.05, 4.69) is 10.5 Å². The highest BCUT2D eigenvalue weighted by Gasteiger charge is 2.13. The van der Waals surface area contributed by atoms with Gasteiger partial charge in [-0.15, -0.1) is 11.3 Å². The summed E-state index contributed by atoms with van der Waals surface area (Å²) in [6.07, 6.45) is 3.42. The summed E-state index contributed by atoms with van der Waals surface area (Å²) in [5.74, 6) is -0.383. The molecule has 0 radical (unpaired) electrons. The number of carbonyl (C=O) groups excluding carboxylic acids is 1. The van der Waals surface area contributed by atoms with Crippen molar-refractivity contribution in [3.05, 3.63) is 92.1 Å². The summed E-state index contributed by atoms with van der Waals surface area (Å²) < 4.78 is 2.69. The van der Waals surface area contributed by atoms with E-state index in [4.69, 9.17) is 11.6 Å². The highest BCUT2D eigenvalue weighted by atomic mass is 35.5. The van der Waals surface area contributed by atoms with Gasteiger partial charge >= 0.3 is 0 Å². The number of non-ortho nitro benzene ring substituents is 1. The second-order valence-electron chi connectivity index (χ2n) is 6.53. The number of carbonyl (C=O) groups is 1. The van der Waals surface area contributed by atoms with Crippen LogP contribution in [0.3, 0.4) is 0 Å². The molecule has 2 aromatic heterocycles. The van der Waals surface area contributed by atoms with Gasteiger partial charge in [0, 0.05) is 39.1 Å². The molecule has 0 aliphatic carbocycles. The molecule has 4 rings (SSSR count). The lowest BCUT2D eigenvalue weighted by Gasteiger charge is -2.08. The van der Waals surface area contributed by atoms with Crippen molar-refractivity contribution in [3.8, 4) is 5.69 Å². The van der Waals surface area contributed by atoms with Crippen LogP contribution in [-0.4, -0.2) is 21.6 Å². The molecule has 9 heteroatoms. The number of nitrogens with zero attached hydrogens (tertiary/aromatic N) is 3. The number of rotatable bonds is 5. The van der Waals surface area contributed by atoms with Crippen molar-refractivity contribution >= 4 is 50.8 Å². The Balaban J connectivity index is 1.51. The van der Waals surface area contributed by atoms with Gasteiger partial charge in [0.1, 0.15) is 0 Å². The number of nitrogens with one attached hydrogen (secondary N) is 1. The maximum atomic E-state index is 12.4. The lowest BCUT2D eigenvalue weighted by molar-refractivity contribution is -0.384. The van der Waals surface area contributed by atoms with Crippen molar-refractivity contribution in [1.29, 1.82) is 0 Å². The number of thiophene rings is 1. The van der Waals surface area contributed by atoms with E-state index in [9.17, 15) is 14.9 Å². The summed E-state index contributed by atoms with van der Waals surface area (Å²) in [5, 5.41) is 16.3. The quantitative estimate of drug-likeness (QED) is 0.259. The lowest BCUT2D eigenvalue weighted by Crippen LogP contribution is -2.16. The van der Waals surface area contributed by atoms with Crippen LogP contribution in [0.15, 0.2) is 65.9 Å². The predicted molar refractivity (Wildman–Crippen MR) is 119 cm³/mol. The van der Waals surface area contributed by atoms with E-state index in [1.807, 2.05) is 48.0 Å². The maximum Gasteiger partial charge on any atom is 0.281 e. The monoisotopic (exact) mass is 438 g/mol. The second kappa shape index (κ2) is 8.10. The molecule has 0 fully saturated rings. The smallest absolute Gasteiger partial charge is 0.281 e. The zero-order valence-electron chi connectivity index (χ0n) is 15.7. The molecule has 150 valence electrons. The Morgan fingerprint density at radius 2 is 2.07 bits per heavy atom. The number of aromatic nitrogens is 1. The average Bonchev–Trinajstić information content (AvgIpc) is 3.36. The van der Waals surface area contributed by atoms with E-state index in [1.165, 1.54) is 23.5 Å². The summed E-state index contributed by atoms with van der Waals surface area (Å²) in [6, 6.07) is 15.6. The summed E-state index contributed by atoms with van der Waals surface area (Å²) in [4.78, 5) is 23.3. The Kier molecular flexibility index (Phi) is 5.35. The molecule has 0 saturated carbocycles. The number of benzene rings is 2. The first kappa shape index (κ1) is 19.8. The molecule has 2 heterocycles. The summed E-state index contributed by atoms with van der Waals surface area (Å²) >= 11 is 7.47. The van der Waals surface area contributed by atoms with Crippen LogP contribution in [-0.2, 0) is 0 Å². The van der Waals surface area contributed by atoms with Gasteiger partial charge in [0.2, 0.25) is 0 Å². The standard InChI is InChI=1S/C21H15ClN4O3S/c1-13-4-5-15(11-18(13)22)25-8-2-3-17(25)12-23-24-21(27)20-10-14-9-16(26(28)29)6-7-19(14)30-20/h2-12H,1H3,(H,24,27)/b23-12-. The first-order chi connectivity index (χ1) is 14.4. The third-order valence-electron chi connectivity index (χ3n) is 4.51. The molecular formula is C21H15ClN4O3S. The normalized spacial score (nSPS) is 11.3. The molecule has 30 heavy (non-hydrogen) atoms. The predicted octanol–water partition coefficient (Wildman–Crippen LogP) is 5.33. The highest BCUT2D eigenvalue weighted by Crippen LogP contribution is 2.29. The van der Waals surface area contributed by atoms with Crippen LogP contribution >= 0.6 is 22.9 Å². The van der Waals surface area contributed by atoms with Crippen molar-refractivity contribution in [2.45, 2.75) is 6.92 Å². The van der Waals surface area contributed by atoms with Crippen molar-refractivity contribution in [1.82, 2.24) is 9.99 Å². The Morgan fingerprint density at radius 3 is 2.83 bits per heavy atom. The number of amides is 1. The van der Waals surface area contributed by atoms with Crippen LogP contribution in [0, 0.1) is 17.0 Å². The summed E-state index contributed by atoms with van der Waals surface area (Å²) in [7, 11) is 0. The molecule has 0 unspecified atom stereocenters. The van der Waals surface area contributed by atoms with Crippen molar-refractivity contribution in [3.63, 3.8) is 0 Å². The lowest BCUT2D eigenvalue weighted by atomic mass is 10.2. The van der Waals surface area contributed by atoms with E-state index in [-0.39, 0.29) is 11.6 Å². The Labute approximate surface area is 180 Å². The van der Waals surface area contributed by atoms with Crippen LogP contribution in [0.2, 0.25) is 5.02 Å². The zero-order valence-corrected chi connectivity index (χ0v) is 17.3. The fraction of sp³-hybridized carbons (Fsp3) is 0.0476. The number of hydrogen-bond acceptors (Lipinski definition) is 5. The molecule has 7 nitrogen and oxygen atoms in total. The largest absolute Gasteiger partial charge is 0.316 e. The van der Waals surface area contributed by atoms with Crippen LogP contribution in [0.25, 0.3) is 15.8 Å². The Hall–Kier alpha value is -3.49. The van der Waals surface area contributed by atoms with Crippen LogP contribution in [0.1, 0.15) is 20.9 Å². The van der Waals surface area contributed by atoms with Crippen molar-refractivity contribution in [2.24, 2.45) is 5.10 Å². The summed E-state index contributed by atoms with van der Waals surface area (Å²) in [5.41, 5.74) is 5.13. The second-order valence-corrected chi connectivity index (χ2v) is 8.02. The third-order valence-corrected chi connectivity index (χ3v) is 6.03. The molecule has 1 amide bonds. The van der Waals surface area contributed by atoms with Gasteiger partial charge in [-0.3, -0.25) is 14.9 Å². The van der Waals surface area contributed by atoms with Gasteiger partial charge in [-0.05, 0) is 48.9 Å². The number of fused-ring (bicyclic) bond motifs is 1. The van der Waals surface area contributed by atoms with Gasteiger partial charge in [0.05, 0.1) is 21.7 Å². The Bertz CT molecular complexity index is 1310. The van der Waals surface area contributed by atoms with Gasteiger partial charge in [-0.25, -0.2) is 5.43 Å². The minimum absolute atomic E-state index is 0.0118. The highest BCUT2D eigenvalue weighted by molar-refractivity contribution is 7.20. The first-order valence-corrected chi connectivity index (χ1v) is 10.1. The van der Waals surface area contributed by atoms with E-state index in [1.54, 1.807) is 18.3 Å². The number of halogens is 1. The molecular weight excluding hydrogens is 424 g/mol. The maximum absolute atomic E-state index is 12.4. The van der Waals surface area contributed by atoms with E-state index in [0.717, 1.165) is 21.6 Å². The van der Waals surface area contributed by atoms with Crippen molar-refractivity contribution < 1.29 is 9.72 Å². The average molecular weight is 439 g/mol.